The number of rotatable bonds is 6. The first kappa shape index (κ1) is 20.5. The van der Waals surface area contributed by atoms with Crippen molar-refractivity contribution in [1.82, 2.24) is 0 Å². The van der Waals surface area contributed by atoms with E-state index in [-0.39, 0.29) is 24.4 Å². The fourth-order valence-corrected chi connectivity index (χ4v) is 2.98. The van der Waals surface area contributed by atoms with E-state index in [1.165, 1.54) is 0 Å². The van der Waals surface area contributed by atoms with Gasteiger partial charge >= 0.3 is 0 Å². The van der Waals surface area contributed by atoms with E-state index in [0.29, 0.717) is 30.2 Å². The minimum atomic E-state index is -0.958. The van der Waals surface area contributed by atoms with Crippen molar-refractivity contribution in [1.29, 1.82) is 0 Å². The number of nitrogens with one attached hydrogen (secondary N) is 1. The highest BCUT2D eigenvalue weighted by Crippen LogP contribution is 2.50. The van der Waals surface area contributed by atoms with Gasteiger partial charge in [-0.1, -0.05) is 13.8 Å². The summed E-state index contributed by atoms with van der Waals surface area (Å²) in [4.78, 5) is 12.7. The Balaban J connectivity index is 0.00000288. The molecular weight excluding hydrogens is 332 g/mol. The summed E-state index contributed by atoms with van der Waals surface area (Å²) in [6, 6.07) is 5.21. The number of halogens is 1. The Bertz CT molecular complexity index is 594. The molecular formula is C17H27ClN2O4. The number of carbonyl (C=O) groups excluding carboxylic acids is 1. The van der Waals surface area contributed by atoms with E-state index in [1.807, 2.05) is 20.8 Å². The molecule has 2 unspecified atom stereocenters. The first-order valence-corrected chi connectivity index (χ1v) is 7.74. The lowest BCUT2D eigenvalue weighted by Crippen LogP contribution is -2.74. The summed E-state index contributed by atoms with van der Waals surface area (Å²) < 4.78 is 16.1. The van der Waals surface area contributed by atoms with Gasteiger partial charge in [0.1, 0.15) is 5.54 Å². The number of hydrogen-bond donors (Lipinski definition) is 2. The minimum absolute atomic E-state index is 0. The molecule has 24 heavy (non-hydrogen) atoms. The van der Waals surface area contributed by atoms with Crippen LogP contribution in [0, 0.1) is 5.41 Å². The lowest BCUT2D eigenvalue weighted by Gasteiger charge is -2.57. The lowest BCUT2D eigenvalue weighted by molar-refractivity contribution is -0.166. The molecule has 2 atom stereocenters. The summed E-state index contributed by atoms with van der Waals surface area (Å²) in [5, 5.41) is 2.87. The molecule has 2 rings (SSSR count). The summed E-state index contributed by atoms with van der Waals surface area (Å²) in [6.45, 7) is 6.48. The molecule has 1 aliphatic carbocycles. The van der Waals surface area contributed by atoms with Gasteiger partial charge in [0.25, 0.3) is 0 Å². The third-order valence-electron chi connectivity index (χ3n) is 4.88. The van der Waals surface area contributed by atoms with E-state index in [9.17, 15) is 4.79 Å². The molecule has 7 heteroatoms. The zero-order valence-electron chi connectivity index (χ0n) is 14.8. The summed E-state index contributed by atoms with van der Waals surface area (Å²) in [7, 11) is 3.12. The van der Waals surface area contributed by atoms with Crippen molar-refractivity contribution in [3.63, 3.8) is 0 Å². The van der Waals surface area contributed by atoms with Gasteiger partial charge < -0.3 is 25.3 Å². The van der Waals surface area contributed by atoms with Gasteiger partial charge in [0.15, 0.2) is 11.5 Å². The monoisotopic (exact) mass is 358 g/mol. The second kappa shape index (κ2) is 7.59. The minimum Gasteiger partial charge on any atom is -0.493 e. The molecule has 1 aliphatic rings. The molecule has 1 saturated carbocycles. The van der Waals surface area contributed by atoms with Crippen LogP contribution in [0.15, 0.2) is 18.2 Å². The van der Waals surface area contributed by atoms with E-state index in [2.05, 4.69) is 5.32 Å². The smallest absolute Gasteiger partial charge is 0.245 e. The van der Waals surface area contributed by atoms with Gasteiger partial charge in [-0.05, 0) is 19.1 Å². The molecule has 1 aromatic carbocycles. The number of benzene rings is 1. The maximum atomic E-state index is 12.7. The molecule has 0 bridgehead atoms. The average Bonchev–Trinajstić information content (AvgIpc) is 2.54. The highest BCUT2D eigenvalue weighted by molar-refractivity contribution is 6.00. The van der Waals surface area contributed by atoms with Crippen molar-refractivity contribution in [2.75, 3.05) is 26.1 Å². The van der Waals surface area contributed by atoms with Crippen molar-refractivity contribution in [3.8, 4) is 11.5 Å². The molecule has 0 radical (unpaired) electrons. The first-order valence-electron chi connectivity index (χ1n) is 7.74. The Morgan fingerprint density at radius 1 is 1.29 bits per heavy atom. The number of methoxy groups -OCH3 is 2. The number of ether oxygens (including phenoxy) is 3. The Morgan fingerprint density at radius 2 is 1.92 bits per heavy atom. The summed E-state index contributed by atoms with van der Waals surface area (Å²) in [5.41, 5.74) is 5.60. The van der Waals surface area contributed by atoms with Gasteiger partial charge in [0.2, 0.25) is 5.91 Å². The van der Waals surface area contributed by atoms with Crippen LogP contribution in [-0.4, -0.2) is 38.4 Å². The maximum absolute atomic E-state index is 12.7. The van der Waals surface area contributed by atoms with Crippen molar-refractivity contribution in [2.24, 2.45) is 11.1 Å². The van der Waals surface area contributed by atoms with Gasteiger partial charge in [0, 0.05) is 30.2 Å². The number of anilines is 1. The van der Waals surface area contributed by atoms with Crippen molar-refractivity contribution in [2.45, 2.75) is 38.8 Å². The Kier molecular flexibility index (Phi) is 6.50. The Morgan fingerprint density at radius 3 is 2.42 bits per heavy atom. The molecule has 0 spiro atoms. The number of amides is 1. The Labute approximate surface area is 149 Å². The largest absolute Gasteiger partial charge is 0.493 e. The third-order valence-corrected chi connectivity index (χ3v) is 4.88. The molecule has 6 nitrogen and oxygen atoms in total. The van der Waals surface area contributed by atoms with Crippen LogP contribution >= 0.6 is 12.4 Å². The maximum Gasteiger partial charge on any atom is 0.245 e. The lowest BCUT2D eigenvalue weighted by atomic mass is 9.54. The van der Waals surface area contributed by atoms with E-state index in [0.717, 1.165) is 0 Å². The number of nitrogens with two attached hydrogens (primary N) is 1. The van der Waals surface area contributed by atoms with Crippen LogP contribution in [0.25, 0.3) is 0 Å². The highest BCUT2D eigenvalue weighted by atomic mass is 35.5. The van der Waals surface area contributed by atoms with Crippen molar-refractivity contribution in [3.05, 3.63) is 18.2 Å². The zero-order chi connectivity index (χ0) is 17.3. The fraction of sp³-hybridized carbons (Fsp3) is 0.588. The van der Waals surface area contributed by atoms with Crippen LogP contribution in [0.5, 0.6) is 11.5 Å². The summed E-state index contributed by atoms with van der Waals surface area (Å²) in [6.07, 6.45) is 0.501. The van der Waals surface area contributed by atoms with E-state index >= 15 is 0 Å². The summed E-state index contributed by atoms with van der Waals surface area (Å²) in [5.74, 6) is 0.940. The SMILES string of the molecule is CCOC1CC(N)(C(=O)Nc2ccc(OC)c(OC)c2)C1(C)C.Cl. The fourth-order valence-electron chi connectivity index (χ4n) is 2.98. The molecule has 0 saturated heterocycles. The van der Waals surface area contributed by atoms with E-state index in [4.69, 9.17) is 19.9 Å². The van der Waals surface area contributed by atoms with Crippen LogP contribution in [-0.2, 0) is 9.53 Å². The number of hydrogen-bond acceptors (Lipinski definition) is 5. The molecule has 136 valence electrons. The Hall–Kier alpha value is -1.50. The molecule has 1 fully saturated rings. The number of carbonyl (C=O) groups is 1. The molecule has 0 aromatic heterocycles. The quantitative estimate of drug-likeness (QED) is 0.816. The zero-order valence-corrected chi connectivity index (χ0v) is 15.7. The predicted octanol–water partition coefficient (Wildman–Crippen LogP) is 2.60. The second-order valence-corrected chi connectivity index (χ2v) is 6.37. The van der Waals surface area contributed by atoms with Gasteiger partial charge in [0.05, 0.1) is 20.3 Å². The molecule has 0 aliphatic heterocycles. The van der Waals surface area contributed by atoms with Crippen LogP contribution < -0.4 is 20.5 Å². The van der Waals surface area contributed by atoms with Crippen LogP contribution in [0.4, 0.5) is 5.69 Å². The van der Waals surface area contributed by atoms with E-state index < -0.39 is 11.0 Å². The van der Waals surface area contributed by atoms with Gasteiger partial charge in [-0.15, -0.1) is 12.4 Å². The van der Waals surface area contributed by atoms with Crippen molar-refractivity contribution < 1.29 is 19.0 Å². The second-order valence-electron chi connectivity index (χ2n) is 6.37. The third kappa shape index (κ3) is 3.31. The van der Waals surface area contributed by atoms with Crippen molar-refractivity contribution >= 4 is 24.0 Å². The molecule has 3 N–H and O–H groups in total. The molecule has 1 aromatic rings. The topological polar surface area (TPSA) is 82.8 Å². The molecule has 1 amide bonds. The first-order chi connectivity index (χ1) is 10.8. The normalized spacial score (nSPS) is 24.3. The van der Waals surface area contributed by atoms with Crippen LogP contribution in [0.1, 0.15) is 27.2 Å². The van der Waals surface area contributed by atoms with Gasteiger partial charge in [-0.2, -0.15) is 0 Å². The highest BCUT2D eigenvalue weighted by Gasteiger charge is 2.62. The standard InChI is InChI=1S/C17H26N2O4.ClH/c1-6-23-14-10-17(18,16(14,2)3)15(20)19-11-7-8-12(21-4)13(9-11)22-5;/h7-9,14H,6,10,18H2,1-5H3,(H,19,20);1H. The average molecular weight is 359 g/mol. The van der Waals surface area contributed by atoms with Gasteiger partial charge in [-0.3, -0.25) is 4.79 Å². The van der Waals surface area contributed by atoms with E-state index in [1.54, 1.807) is 32.4 Å². The predicted molar refractivity (Wildman–Crippen MR) is 96.2 cm³/mol. The van der Waals surface area contributed by atoms with Crippen LogP contribution in [0.3, 0.4) is 0 Å². The molecule has 0 heterocycles. The van der Waals surface area contributed by atoms with Crippen LogP contribution in [0.2, 0.25) is 0 Å². The van der Waals surface area contributed by atoms with Gasteiger partial charge in [-0.25, -0.2) is 0 Å². The summed E-state index contributed by atoms with van der Waals surface area (Å²) >= 11 is 0.